The Kier molecular flexibility index (Phi) is 7.29. The molecule has 0 fully saturated rings. The largest absolute Gasteiger partial charge is 0.489 e. The second kappa shape index (κ2) is 10.8. The van der Waals surface area contributed by atoms with Crippen molar-refractivity contribution < 1.29 is 28.0 Å². The number of carbonyl (C=O) groups is 1. The van der Waals surface area contributed by atoms with Crippen LogP contribution in [-0.2, 0) is 26.1 Å². The van der Waals surface area contributed by atoms with E-state index >= 15 is 0 Å². The second-order valence-electron chi connectivity index (χ2n) is 9.23. The lowest BCUT2D eigenvalue weighted by atomic mass is 9.99. The number of amides is 1. The van der Waals surface area contributed by atoms with Gasteiger partial charge in [0.1, 0.15) is 18.0 Å². The third-order valence-electron chi connectivity index (χ3n) is 6.29. The Balaban J connectivity index is 1.34. The van der Waals surface area contributed by atoms with Crippen molar-refractivity contribution in [3.05, 3.63) is 102 Å². The molecule has 5 rings (SSSR count). The molecule has 200 valence electrons. The number of hydrogen-bond acceptors (Lipinski definition) is 9. The Morgan fingerprint density at radius 3 is 2.59 bits per heavy atom. The Morgan fingerprint density at radius 1 is 1.10 bits per heavy atom. The summed E-state index contributed by atoms with van der Waals surface area (Å²) in [5.74, 6) is -0.834. The molecule has 3 N–H and O–H groups in total. The molecule has 1 unspecified atom stereocenters. The lowest BCUT2D eigenvalue weighted by Gasteiger charge is -2.24. The maximum Gasteiger partial charge on any atom is 0.246 e. The van der Waals surface area contributed by atoms with Crippen molar-refractivity contribution in [2.24, 2.45) is 0 Å². The quantitative estimate of drug-likeness (QED) is 0.213. The molecule has 1 aliphatic heterocycles. The van der Waals surface area contributed by atoms with Crippen LogP contribution in [0.2, 0.25) is 0 Å². The van der Waals surface area contributed by atoms with Crippen molar-refractivity contribution in [3.8, 4) is 5.75 Å². The third-order valence-corrected chi connectivity index (χ3v) is 8.15. The summed E-state index contributed by atoms with van der Waals surface area (Å²) in [6, 6.07) is 19.3. The molecule has 1 aliphatic rings. The molecule has 10 nitrogen and oxygen atoms in total. The number of carbonyl (C=O) groups excluding carboxylic acids is 1. The lowest BCUT2D eigenvalue weighted by Crippen LogP contribution is -2.42. The van der Waals surface area contributed by atoms with E-state index in [9.17, 15) is 13.2 Å². The highest BCUT2D eigenvalue weighted by atomic mass is 32.2. The Hall–Kier alpha value is -4.32. The minimum absolute atomic E-state index is 0.0400. The van der Waals surface area contributed by atoms with Crippen LogP contribution in [0.3, 0.4) is 0 Å². The highest BCUT2D eigenvalue weighted by Gasteiger charge is 2.42. The van der Waals surface area contributed by atoms with Crippen molar-refractivity contribution in [2.45, 2.75) is 30.4 Å². The number of benzene rings is 2. The van der Waals surface area contributed by atoms with Gasteiger partial charge in [-0.25, -0.2) is 13.9 Å². The van der Waals surface area contributed by atoms with E-state index in [0.717, 1.165) is 22.2 Å². The average molecular weight is 547 g/mol. The molecule has 3 heterocycles. The van der Waals surface area contributed by atoms with Gasteiger partial charge in [-0.3, -0.25) is 30.3 Å². The number of aromatic nitrogens is 2. The van der Waals surface area contributed by atoms with Crippen LogP contribution in [0, 0.1) is 6.92 Å². The molecule has 1 atom stereocenters. The molecule has 4 aromatic rings. The van der Waals surface area contributed by atoms with E-state index in [0.29, 0.717) is 17.0 Å². The molecule has 39 heavy (non-hydrogen) atoms. The highest BCUT2D eigenvalue weighted by molar-refractivity contribution is 7.91. The van der Waals surface area contributed by atoms with E-state index in [1.807, 2.05) is 37.3 Å². The smallest absolute Gasteiger partial charge is 0.246 e. The van der Waals surface area contributed by atoms with Crippen LogP contribution < -0.4 is 15.7 Å². The Labute approximate surface area is 225 Å². The second-order valence-corrected chi connectivity index (χ2v) is 11.2. The maximum absolute atomic E-state index is 13.4. The zero-order chi connectivity index (χ0) is 27.5. The Bertz CT molecular complexity index is 1640. The van der Waals surface area contributed by atoms with Gasteiger partial charge in [0.2, 0.25) is 5.91 Å². The van der Waals surface area contributed by atoms with Crippen LogP contribution in [0.1, 0.15) is 23.2 Å². The van der Waals surface area contributed by atoms with Crippen LogP contribution in [-0.4, -0.2) is 40.9 Å². The number of hydroxylamine groups is 2. The van der Waals surface area contributed by atoms with Crippen molar-refractivity contribution in [2.75, 3.05) is 5.75 Å². The molecule has 0 spiro atoms. The summed E-state index contributed by atoms with van der Waals surface area (Å²) in [5, 5.41) is 10.1. The minimum atomic E-state index is -3.93. The van der Waals surface area contributed by atoms with Crippen molar-refractivity contribution in [1.29, 1.82) is 0 Å². The molecule has 2 aromatic carbocycles. The van der Waals surface area contributed by atoms with Gasteiger partial charge in [-0.05, 0) is 61.5 Å². The molecular formula is C28H26N4O6S. The van der Waals surface area contributed by atoms with E-state index in [1.165, 1.54) is 18.2 Å². The predicted octanol–water partition coefficient (Wildman–Crippen LogP) is 3.50. The number of nitrogens with zero attached hydrogens (tertiary/aromatic N) is 2. The number of nitrogens with one attached hydrogen (secondary N) is 2. The molecule has 0 radical (unpaired) electrons. The molecule has 1 amide bonds. The van der Waals surface area contributed by atoms with Crippen molar-refractivity contribution in [3.63, 3.8) is 0 Å². The fourth-order valence-corrected chi connectivity index (χ4v) is 6.10. The predicted molar refractivity (Wildman–Crippen MR) is 143 cm³/mol. The van der Waals surface area contributed by atoms with E-state index in [-0.39, 0.29) is 11.5 Å². The van der Waals surface area contributed by atoms with Crippen LogP contribution in [0.4, 0.5) is 0 Å². The van der Waals surface area contributed by atoms with E-state index < -0.39 is 33.5 Å². The number of fused-ring (bicyclic) bond motifs is 1. The lowest BCUT2D eigenvalue weighted by molar-refractivity contribution is -0.135. The fourth-order valence-electron chi connectivity index (χ4n) is 4.50. The van der Waals surface area contributed by atoms with Gasteiger partial charge in [0, 0.05) is 34.6 Å². The van der Waals surface area contributed by atoms with Gasteiger partial charge in [0.15, 0.2) is 9.84 Å². The first-order valence-electron chi connectivity index (χ1n) is 12.1. The molecule has 0 saturated heterocycles. The first-order chi connectivity index (χ1) is 18.8. The summed E-state index contributed by atoms with van der Waals surface area (Å²) >= 11 is 0. The van der Waals surface area contributed by atoms with Gasteiger partial charge in [-0.15, -0.1) is 0 Å². The molecule has 11 heteroatoms. The molecule has 0 aliphatic carbocycles. The van der Waals surface area contributed by atoms with Crippen LogP contribution in [0.25, 0.3) is 16.6 Å². The summed E-state index contributed by atoms with van der Waals surface area (Å²) in [4.78, 5) is 26.2. The molecular weight excluding hydrogens is 520 g/mol. The first-order valence-corrected chi connectivity index (χ1v) is 13.7. The van der Waals surface area contributed by atoms with Crippen LogP contribution in [0.5, 0.6) is 5.75 Å². The number of aryl methyl sites for hydroxylation is 1. The SMILES string of the molecule is Cc1cc(COc2ccc(S(=O)(=O)CC3(CC(=O)NO)C=C(c4ccncc4)NO3)cc2)c2ccccc2n1. The van der Waals surface area contributed by atoms with E-state index in [1.54, 1.807) is 42.1 Å². The normalized spacial score (nSPS) is 16.9. The van der Waals surface area contributed by atoms with Gasteiger partial charge in [-0.2, -0.15) is 0 Å². The van der Waals surface area contributed by atoms with Crippen molar-refractivity contribution in [1.82, 2.24) is 20.9 Å². The van der Waals surface area contributed by atoms with E-state index in [4.69, 9.17) is 14.8 Å². The van der Waals surface area contributed by atoms with Gasteiger partial charge < -0.3 is 4.74 Å². The summed E-state index contributed by atoms with van der Waals surface area (Å²) in [5.41, 5.74) is 6.62. The number of hydrogen-bond donors (Lipinski definition) is 3. The van der Waals surface area contributed by atoms with Crippen LogP contribution >= 0.6 is 0 Å². The number of ether oxygens (including phenoxy) is 1. The van der Waals surface area contributed by atoms with Gasteiger partial charge in [0.25, 0.3) is 0 Å². The minimum Gasteiger partial charge on any atom is -0.489 e. The monoisotopic (exact) mass is 546 g/mol. The zero-order valence-corrected chi connectivity index (χ0v) is 21.8. The number of pyridine rings is 2. The molecule has 0 bridgehead atoms. The summed E-state index contributed by atoms with van der Waals surface area (Å²) < 4.78 is 32.7. The first kappa shape index (κ1) is 26.3. The number of sulfone groups is 1. The molecule has 2 aromatic heterocycles. The summed E-state index contributed by atoms with van der Waals surface area (Å²) in [6.07, 6.45) is 4.27. The van der Waals surface area contributed by atoms with Gasteiger partial charge >= 0.3 is 0 Å². The van der Waals surface area contributed by atoms with E-state index in [2.05, 4.69) is 15.4 Å². The number of rotatable bonds is 9. The van der Waals surface area contributed by atoms with Gasteiger partial charge in [0.05, 0.1) is 28.3 Å². The zero-order valence-electron chi connectivity index (χ0n) is 21.0. The standard InChI is InChI=1S/C28H26N4O6S/c1-19-14-21(24-4-2-3-5-25(24)30-19)17-37-22-6-8-23(9-7-22)39(35,36)18-28(16-27(33)31-34)15-26(32-38-28)20-10-12-29-13-11-20/h2-15,32,34H,16-18H2,1H3,(H,31,33). The van der Waals surface area contributed by atoms with Crippen molar-refractivity contribution >= 4 is 32.3 Å². The Morgan fingerprint density at radius 2 is 1.85 bits per heavy atom. The fraction of sp³-hybridized carbons (Fsp3) is 0.179. The highest BCUT2D eigenvalue weighted by Crippen LogP contribution is 2.32. The summed E-state index contributed by atoms with van der Waals surface area (Å²) in [7, 11) is -3.93. The number of para-hydroxylation sites is 1. The topological polar surface area (TPSA) is 140 Å². The average Bonchev–Trinajstić information content (AvgIpc) is 3.34. The van der Waals surface area contributed by atoms with Gasteiger partial charge in [-0.1, -0.05) is 18.2 Å². The molecule has 0 saturated carbocycles. The third kappa shape index (κ3) is 5.90. The maximum atomic E-state index is 13.4. The van der Waals surface area contributed by atoms with Crippen LogP contribution in [0.15, 0.2) is 90.1 Å². The summed E-state index contributed by atoms with van der Waals surface area (Å²) in [6.45, 7) is 2.21.